The number of morpholine rings is 1. The molecule has 2 aromatic rings. The van der Waals surface area contributed by atoms with Gasteiger partial charge in [0.1, 0.15) is 5.82 Å². The van der Waals surface area contributed by atoms with Gasteiger partial charge in [0.05, 0.1) is 31.0 Å². The van der Waals surface area contributed by atoms with Crippen molar-refractivity contribution in [1.82, 2.24) is 20.2 Å². The molecule has 33 heavy (non-hydrogen) atoms. The van der Waals surface area contributed by atoms with Gasteiger partial charge < -0.3 is 25.2 Å². The van der Waals surface area contributed by atoms with Crippen LogP contribution in [0.15, 0.2) is 24.3 Å². The normalized spacial score (nSPS) is 22.1. The third-order valence-electron chi connectivity index (χ3n) is 6.64. The van der Waals surface area contributed by atoms with Crippen molar-refractivity contribution in [3.05, 3.63) is 35.5 Å². The first-order chi connectivity index (χ1) is 16.0. The number of benzene rings is 1. The Hall–Kier alpha value is -3.20. The molecule has 3 amide bonds. The molecule has 5 rings (SSSR count). The van der Waals surface area contributed by atoms with Crippen molar-refractivity contribution in [1.29, 1.82) is 0 Å². The standard InChI is InChI=1S/C24H30N6O3/c1-3-25-24(32)26-17-6-4-16(5-7-17)22-27-21-18(10-11-30-19(21)8-9-20(30)31)23(28-22)29-12-13-33-14-15(29)2/h4-7,15,19H,3,8-14H2,1-2H3,(H2,25,26,32)/t15-,19?/m0/s1. The van der Waals surface area contributed by atoms with Crippen LogP contribution in [0.3, 0.4) is 0 Å². The average molecular weight is 451 g/mol. The molecular weight excluding hydrogens is 420 g/mol. The van der Waals surface area contributed by atoms with E-state index >= 15 is 0 Å². The lowest BCUT2D eigenvalue weighted by molar-refractivity contribution is -0.129. The predicted molar refractivity (Wildman–Crippen MR) is 125 cm³/mol. The summed E-state index contributed by atoms with van der Waals surface area (Å²) < 4.78 is 5.66. The number of amides is 3. The molecular formula is C24H30N6O3. The molecule has 2 atom stereocenters. The number of aromatic nitrogens is 2. The molecule has 0 radical (unpaired) electrons. The van der Waals surface area contributed by atoms with Crippen LogP contribution in [0.25, 0.3) is 11.4 Å². The Bertz CT molecular complexity index is 1060. The lowest BCUT2D eigenvalue weighted by Crippen LogP contribution is -2.45. The van der Waals surface area contributed by atoms with Crippen molar-refractivity contribution < 1.29 is 14.3 Å². The summed E-state index contributed by atoms with van der Waals surface area (Å²) in [6, 6.07) is 7.58. The Kier molecular flexibility index (Phi) is 5.88. The van der Waals surface area contributed by atoms with Crippen LogP contribution in [0.5, 0.6) is 0 Å². The topological polar surface area (TPSA) is 99.7 Å². The number of hydrogen-bond donors (Lipinski definition) is 2. The van der Waals surface area contributed by atoms with Crippen LogP contribution in [0, 0.1) is 0 Å². The summed E-state index contributed by atoms with van der Waals surface area (Å²) in [4.78, 5) is 38.6. The maximum Gasteiger partial charge on any atom is 0.319 e. The Morgan fingerprint density at radius 3 is 2.73 bits per heavy atom. The summed E-state index contributed by atoms with van der Waals surface area (Å²) in [5.41, 5.74) is 3.73. The van der Waals surface area contributed by atoms with E-state index in [9.17, 15) is 9.59 Å². The number of hydrogen-bond acceptors (Lipinski definition) is 6. The van der Waals surface area contributed by atoms with E-state index in [1.54, 1.807) is 0 Å². The summed E-state index contributed by atoms with van der Waals surface area (Å²) in [7, 11) is 0. The van der Waals surface area contributed by atoms with Gasteiger partial charge in [-0.05, 0) is 51.0 Å². The molecule has 1 unspecified atom stereocenters. The summed E-state index contributed by atoms with van der Waals surface area (Å²) >= 11 is 0. The summed E-state index contributed by atoms with van der Waals surface area (Å²) in [6.07, 6.45) is 2.15. The van der Waals surface area contributed by atoms with Gasteiger partial charge in [0.25, 0.3) is 0 Å². The molecule has 174 valence electrons. The van der Waals surface area contributed by atoms with Crippen LogP contribution < -0.4 is 15.5 Å². The number of nitrogens with one attached hydrogen (secondary N) is 2. The molecule has 0 aliphatic carbocycles. The van der Waals surface area contributed by atoms with E-state index in [0.717, 1.165) is 48.6 Å². The second kappa shape index (κ2) is 8.97. The first kappa shape index (κ1) is 21.6. The Morgan fingerprint density at radius 1 is 1.15 bits per heavy atom. The zero-order valence-electron chi connectivity index (χ0n) is 19.1. The fourth-order valence-electron chi connectivity index (χ4n) is 4.98. The zero-order chi connectivity index (χ0) is 22.9. The minimum Gasteiger partial charge on any atom is -0.377 e. The second-order valence-electron chi connectivity index (χ2n) is 8.81. The largest absolute Gasteiger partial charge is 0.377 e. The zero-order valence-corrected chi connectivity index (χ0v) is 19.1. The summed E-state index contributed by atoms with van der Waals surface area (Å²) in [5, 5.41) is 5.54. The maximum atomic E-state index is 12.4. The molecule has 9 nitrogen and oxygen atoms in total. The van der Waals surface area contributed by atoms with E-state index in [4.69, 9.17) is 14.7 Å². The van der Waals surface area contributed by atoms with Crippen LogP contribution >= 0.6 is 0 Å². The molecule has 4 heterocycles. The number of urea groups is 1. The highest BCUT2D eigenvalue weighted by Gasteiger charge is 2.40. The molecule has 2 fully saturated rings. The highest BCUT2D eigenvalue weighted by atomic mass is 16.5. The number of fused-ring (bicyclic) bond motifs is 3. The first-order valence-electron chi connectivity index (χ1n) is 11.7. The fraction of sp³-hybridized carbons (Fsp3) is 0.500. The number of anilines is 2. The lowest BCUT2D eigenvalue weighted by Gasteiger charge is -2.38. The van der Waals surface area contributed by atoms with E-state index in [-0.39, 0.29) is 24.0 Å². The summed E-state index contributed by atoms with van der Waals surface area (Å²) in [6.45, 7) is 7.45. The molecule has 1 aromatic heterocycles. The molecule has 3 aliphatic heterocycles. The van der Waals surface area contributed by atoms with Crippen molar-refractivity contribution in [2.24, 2.45) is 0 Å². The van der Waals surface area contributed by atoms with Gasteiger partial charge in [-0.1, -0.05) is 0 Å². The smallest absolute Gasteiger partial charge is 0.319 e. The molecule has 0 saturated carbocycles. The number of carbonyl (C=O) groups is 2. The number of carbonyl (C=O) groups excluding carboxylic acids is 2. The van der Waals surface area contributed by atoms with Gasteiger partial charge in [0.2, 0.25) is 5.91 Å². The van der Waals surface area contributed by atoms with E-state index in [1.165, 1.54) is 0 Å². The van der Waals surface area contributed by atoms with Crippen LogP contribution in [0.1, 0.15) is 44.0 Å². The van der Waals surface area contributed by atoms with Gasteiger partial charge in [0.15, 0.2) is 5.82 Å². The molecule has 1 aromatic carbocycles. The molecule has 2 N–H and O–H groups in total. The van der Waals surface area contributed by atoms with E-state index in [2.05, 4.69) is 22.5 Å². The van der Waals surface area contributed by atoms with Crippen molar-refractivity contribution in [2.45, 2.75) is 45.2 Å². The average Bonchev–Trinajstić information content (AvgIpc) is 3.20. The number of nitrogens with zero attached hydrogens (tertiary/aromatic N) is 4. The predicted octanol–water partition coefficient (Wildman–Crippen LogP) is 2.73. The van der Waals surface area contributed by atoms with E-state index < -0.39 is 0 Å². The highest BCUT2D eigenvalue weighted by molar-refractivity contribution is 5.89. The molecule has 3 aliphatic rings. The fourth-order valence-corrected chi connectivity index (χ4v) is 4.98. The van der Waals surface area contributed by atoms with Crippen molar-refractivity contribution in [3.63, 3.8) is 0 Å². The minimum absolute atomic E-state index is 0.0248. The van der Waals surface area contributed by atoms with Crippen LogP contribution in [-0.4, -0.2) is 65.7 Å². The van der Waals surface area contributed by atoms with E-state index in [1.807, 2.05) is 36.1 Å². The molecule has 9 heteroatoms. The van der Waals surface area contributed by atoms with Crippen molar-refractivity contribution in [3.8, 4) is 11.4 Å². The number of ether oxygens (including phenoxy) is 1. The van der Waals surface area contributed by atoms with Crippen LogP contribution in [0.4, 0.5) is 16.3 Å². The Morgan fingerprint density at radius 2 is 1.97 bits per heavy atom. The monoisotopic (exact) mass is 450 g/mol. The SMILES string of the molecule is CCNC(=O)Nc1ccc(-c2nc3c(c(N4CCOC[C@@H]4C)n2)CCN2C(=O)CCC32)cc1. The number of rotatable bonds is 4. The third-order valence-corrected chi connectivity index (χ3v) is 6.64. The van der Waals surface area contributed by atoms with Gasteiger partial charge in [-0.25, -0.2) is 14.8 Å². The van der Waals surface area contributed by atoms with Gasteiger partial charge in [-0.2, -0.15) is 0 Å². The Balaban J connectivity index is 1.53. The minimum atomic E-state index is -0.232. The Labute approximate surface area is 193 Å². The van der Waals surface area contributed by atoms with Crippen molar-refractivity contribution in [2.75, 3.05) is 43.1 Å². The second-order valence-corrected chi connectivity index (χ2v) is 8.81. The summed E-state index contributed by atoms with van der Waals surface area (Å²) in [5.74, 6) is 1.83. The maximum absolute atomic E-state index is 12.4. The van der Waals surface area contributed by atoms with E-state index in [0.29, 0.717) is 37.7 Å². The lowest BCUT2D eigenvalue weighted by atomic mass is 9.97. The molecule has 0 bridgehead atoms. The molecule has 0 spiro atoms. The van der Waals surface area contributed by atoms with Crippen LogP contribution in [-0.2, 0) is 16.0 Å². The first-order valence-corrected chi connectivity index (χ1v) is 11.7. The van der Waals surface area contributed by atoms with Gasteiger partial charge in [-0.15, -0.1) is 0 Å². The van der Waals surface area contributed by atoms with Gasteiger partial charge >= 0.3 is 6.03 Å². The molecule has 2 saturated heterocycles. The quantitative estimate of drug-likeness (QED) is 0.743. The third kappa shape index (κ3) is 4.13. The highest BCUT2D eigenvalue weighted by Crippen LogP contribution is 2.41. The van der Waals surface area contributed by atoms with Gasteiger partial charge in [0, 0.05) is 42.9 Å². The van der Waals surface area contributed by atoms with Crippen molar-refractivity contribution >= 4 is 23.4 Å². The van der Waals surface area contributed by atoms with Crippen LogP contribution in [0.2, 0.25) is 0 Å². The van der Waals surface area contributed by atoms with Gasteiger partial charge in [-0.3, -0.25) is 4.79 Å².